The normalized spacial score (nSPS) is 17.9. The molecule has 10 nitrogen and oxygen atoms in total. The number of amides is 1. The third-order valence-electron chi connectivity index (χ3n) is 8.70. The number of hydrogen-bond acceptors (Lipinski definition) is 8. The Labute approximate surface area is 267 Å². The number of fused-ring (bicyclic) bond motifs is 4. The highest BCUT2D eigenvalue weighted by Gasteiger charge is 2.44. The van der Waals surface area contributed by atoms with Crippen molar-refractivity contribution >= 4 is 22.9 Å². The van der Waals surface area contributed by atoms with Gasteiger partial charge in [-0.05, 0) is 83.2 Å². The molecule has 3 aromatic heterocycles. The predicted molar refractivity (Wildman–Crippen MR) is 174 cm³/mol. The van der Waals surface area contributed by atoms with Crippen molar-refractivity contribution in [3.05, 3.63) is 75.2 Å². The number of hydrogen-bond donors (Lipinski definition) is 0. The lowest BCUT2D eigenvalue weighted by atomic mass is 9.90. The van der Waals surface area contributed by atoms with Gasteiger partial charge in [-0.2, -0.15) is 10.2 Å². The number of halogens is 1. The summed E-state index contributed by atoms with van der Waals surface area (Å²) in [6, 6.07) is 10.1. The summed E-state index contributed by atoms with van der Waals surface area (Å²) in [6.07, 6.45) is 2.93. The van der Waals surface area contributed by atoms with Crippen molar-refractivity contribution in [1.82, 2.24) is 24.4 Å². The van der Waals surface area contributed by atoms with Crippen LogP contribution in [0.3, 0.4) is 0 Å². The quantitative estimate of drug-likeness (QED) is 0.265. The third kappa shape index (κ3) is 5.46. The van der Waals surface area contributed by atoms with Gasteiger partial charge >= 0.3 is 11.8 Å². The summed E-state index contributed by atoms with van der Waals surface area (Å²) in [4.78, 5) is 45.3. The molecule has 0 spiro atoms. The Bertz CT molecular complexity index is 1970. The second-order valence-corrected chi connectivity index (χ2v) is 13.6. The fraction of sp³-hybridized carbons (Fsp3) is 0.429. The van der Waals surface area contributed by atoms with Crippen molar-refractivity contribution in [2.24, 2.45) is 0 Å². The molecule has 3 fully saturated rings. The second-order valence-electron chi connectivity index (χ2n) is 13.6. The maximum atomic E-state index is 15.3. The largest absolute Gasteiger partial charge is 0.444 e. The molecule has 1 amide bonds. The van der Waals surface area contributed by atoms with Crippen LogP contribution in [0.4, 0.5) is 15.0 Å². The number of anilines is 1. The van der Waals surface area contributed by atoms with E-state index in [0.717, 1.165) is 24.0 Å². The zero-order chi connectivity index (χ0) is 33.1. The first-order valence-electron chi connectivity index (χ1n) is 15.6. The Kier molecular flexibility index (Phi) is 7.79. The average Bonchev–Trinajstić information content (AvgIpc) is 3.01. The highest BCUT2D eigenvalue weighted by Crippen LogP contribution is 2.38. The number of carbonyl (C=O) groups is 1. The highest BCUT2D eigenvalue weighted by molar-refractivity contribution is 5.92. The minimum absolute atomic E-state index is 0.0275. The van der Waals surface area contributed by atoms with E-state index in [2.05, 4.69) is 20.9 Å². The van der Waals surface area contributed by atoms with Gasteiger partial charge in [0.05, 0.1) is 34.1 Å². The second kappa shape index (κ2) is 11.5. The van der Waals surface area contributed by atoms with Gasteiger partial charge < -0.3 is 14.5 Å². The van der Waals surface area contributed by atoms with Gasteiger partial charge in [0.15, 0.2) is 5.65 Å². The van der Waals surface area contributed by atoms with Crippen molar-refractivity contribution < 1.29 is 13.9 Å². The third-order valence-corrected chi connectivity index (χ3v) is 8.70. The van der Waals surface area contributed by atoms with Crippen LogP contribution in [0.15, 0.2) is 41.3 Å². The monoisotopic (exact) mass is 623 g/mol. The molecule has 0 radical (unpaired) electrons. The molecule has 2 unspecified atom stereocenters. The molecule has 7 rings (SSSR count). The van der Waals surface area contributed by atoms with E-state index < -0.39 is 17.1 Å². The number of nitrogens with zero attached hydrogens (tertiary/aromatic N) is 7. The molecule has 0 aliphatic carbocycles. The molecule has 0 saturated carbocycles. The van der Waals surface area contributed by atoms with E-state index in [0.29, 0.717) is 35.7 Å². The van der Waals surface area contributed by atoms with Gasteiger partial charge in [-0.25, -0.2) is 23.5 Å². The van der Waals surface area contributed by atoms with Crippen LogP contribution in [-0.4, -0.2) is 61.3 Å². The number of rotatable bonds is 4. The van der Waals surface area contributed by atoms with Gasteiger partial charge in [0, 0.05) is 30.9 Å². The number of aromatic nitrogens is 4. The first-order valence-corrected chi connectivity index (χ1v) is 15.6. The van der Waals surface area contributed by atoms with Crippen LogP contribution in [0.5, 0.6) is 0 Å². The highest BCUT2D eigenvalue weighted by atomic mass is 19.1. The van der Waals surface area contributed by atoms with E-state index in [9.17, 15) is 14.9 Å². The molecule has 0 N–H and O–H groups in total. The van der Waals surface area contributed by atoms with Gasteiger partial charge in [0.2, 0.25) is 0 Å². The number of piperazine rings is 1. The molecular weight excluding hydrogens is 585 g/mol. The van der Waals surface area contributed by atoms with E-state index >= 15 is 4.39 Å². The van der Waals surface area contributed by atoms with Crippen molar-refractivity contribution in [2.75, 3.05) is 18.0 Å². The molecule has 3 aliphatic rings. The average molecular weight is 624 g/mol. The molecule has 6 heterocycles. The molecule has 2 bridgehead atoms. The number of carbonyl (C=O) groups excluding carboxylic acids is 1. The number of benzene rings is 1. The SMILES string of the molecule is Cc1ccc(F)c(-c2nc3c(cc2C#N)c(N2CC4CCC2CN4C(=O)OC(C)(C)C)nc(=O)n3-c2c(C)ccnc2C(C)C)c1. The molecule has 2 atom stereocenters. The number of piperidine rings is 2. The molecule has 4 aromatic rings. The standard InChI is InChI=1S/C35H38FN7O3/c1-19(2)28-30(21(4)12-13-38-28)43-32-26(15-22(16-37)29(39-32)25-14-20(3)8-11-27(25)36)31(40-33(43)44)41-17-24-10-9-23(41)18-42(24)34(45)46-35(5,6)7/h8,11-15,19,23-24H,9-10,17-18H2,1-7H3. The first-order chi connectivity index (χ1) is 21.8. The minimum Gasteiger partial charge on any atom is -0.444 e. The van der Waals surface area contributed by atoms with Crippen LogP contribution in [0.2, 0.25) is 0 Å². The van der Waals surface area contributed by atoms with Crippen LogP contribution < -0.4 is 10.6 Å². The Hall–Kier alpha value is -4.85. The van der Waals surface area contributed by atoms with Crippen LogP contribution in [0.1, 0.15) is 75.8 Å². The van der Waals surface area contributed by atoms with Crippen LogP contribution in [0, 0.1) is 31.0 Å². The summed E-state index contributed by atoms with van der Waals surface area (Å²) >= 11 is 0. The summed E-state index contributed by atoms with van der Waals surface area (Å²) in [5.41, 5.74) is 2.42. The van der Waals surface area contributed by atoms with Crippen LogP contribution >= 0.6 is 0 Å². The van der Waals surface area contributed by atoms with E-state index in [-0.39, 0.29) is 46.6 Å². The zero-order valence-electron chi connectivity index (χ0n) is 27.3. The van der Waals surface area contributed by atoms with E-state index in [1.165, 1.54) is 10.6 Å². The van der Waals surface area contributed by atoms with E-state index in [1.54, 1.807) is 29.3 Å². The van der Waals surface area contributed by atoms with Gasteiger partial charge in [0.1, 0.15) is 23.3 Å². The Morgan fingerprint density at radius 1 is 1.09 bits per heavy atom. The lowest BCUT2D eigenvalue weighted by Gasteiger charge is -2.51. The maximum Gasteiger partial charge on any atom is 0.410 e. The summed E-state index contributed by atoms with van der Waals surface area (Å²) in [5, 5.41) is 10.8. The van der Waals surface area contributed by atoms with Gasteiger partial charge in [-0.15, -0.1) is 0 Å². The number of aryl methyl sites for hydroxylation is 2. The van der Waals surface area contributed by atoms with Crippen molar-refractivity contribution in [3.8, 4) is 23.0 Å². The molecule has 11 heteroatoms. The van der Waals surface area contributed by atoms with Crippen LogP contribution in [0.25, 0.3) is 28.0 Å². The Morgan fingerprint density at radius 2 is 1.83 bits per heavy atom. The number of ether oxygens (including phenoxy) is 1. The summed E-state index contributed by atoms with van der Waals surface area (Å²) < 4.78 is 22.4. The van der Waals surface area contributed by atoms with Crippen molar-refractivity contribution in [1.29, 1.82) is 5.26 Å². The van der Waals surface area contributed by atoms with E-state index in [4.69, 9.17) is 9.72 Å². The Balaban J connectivity index is 1.59. The molecule has 238 valence electrons. The molecule has 3 aliphatic heterocycles. The smallest absolute Gasteiger partial charge is 0.410 e. The van der Waals surface area contributed by atoms with Gasteiger partial charge in [-0.3, -0.25) is 4.98 Å². The lowest BCUT2D eigenvalue weighted by Crippen LogP contribution is -2.65. The summed E-state index contributed by atoms with van der Waals surface area (Å²) in [5.74, 6) is -0.156. The summed E-state index contributed by atoms with van der Waals surface area (Å²) in [7, 11) is 0. The van der Waals surface area contributed by atoms with Gasteiger partial charge in [-0.1, -0.05) is 25.5 Å². The molecule has 46 heavy (non-hydrogen) atoms. The topological polar surface area (TPSA) is 117 Å². The van der Waals surface area contributed by atoms with Crippen LogP contribution in [-0.2, 0) is 4.74 Å². The molecular formula is C35H38FN7O3. The maximum absolute atomic E-state index is 15.3. The minimum atomic E-state index is -0.622. The molecule has 1 aromatic carbocycles. The van der Waals surface area contributed by atoms with Crippen molar-refractivity contribution in [2.45, 2.75) is 84.9 Å². The zero-order valence-corrected chi connectivity index (χ0v) is 27.3. The fourth-order valence-corrected chi connectivity index (χ4v) is 6.58. The number of nitriles is 1. The fourth-order valence-electron chi connectivity index (χ4n) is 6.58. The predicted octanol–water partition coefficient (Wildman–Crippen LogP) is 6.18. The lowest BCUT2D eigenvalue weighted by molar-refractivity contribution is 0.000810. The number of pyridine rings is 2. The van der Waals surface area contributed by atoms with Crippen molar-refractivity contribution in [3.63, 3.8) is 0 Å². The van der Waals surface area contributed by atoms with E-state index in [1.807, 2.05) is 54.5 Å². The first kappa shape index (κ1) is 31.1. The summed E-state index contributed by atoms with van der Waals surface area (Å²) in [6.45, 7) is 14.1. The van der Waals surface area contributed by atoms with Gasteiger partial charge in [0.25, 0.3) is 0 Å². The molecule has 3 saturated heterocycles. The Morgan fingerprint density at radius 3 is 2.48 bits per heavy atom.